The predicted molar refractivity (Wildman–Crippen MR) is 93.8 cm³/mol. The minimum atomic E-state index is -3.17. The van der Waals surface area contributed by atoms with Crippen LogP contribution in [0.3, 0.4) is 0 Å². The van der Waals surface area contributed by atoms with Crippen molar-refractivity contribution in [2.24, 2.45) is 10.9 Å². The van der Waals surface area contributed by atoms with E-state index < -0.39 is 10.0 Å². The molecule has 7 nitrogen and oxygen atoms in total. The second-order valence-corrected chi connectivity index (χ2v) is 8.69. The smallest absolute Gasteiger partial charge is 0.214 e. The molecular formula is C16H25N5O2S. The molecule has 3 rings (SSSR count). The number of sulfonamides is 1. The minimum Gasteiger partial charge on any atom is -0.354 e. The maximum absolute atomic E-state index is 12.4. The van der Waals surface area contributed by atoms with E-state index in [-0.39, 0.29) is 11.8 Å². The summed E-state index contributed by atoms with van der Waals surface area (Å²) in [6.07, 6.45) is 5.07. The van der Waals surface area contributed by atoms with Crippen molar-refractivity contribution in [2.75, 3.05) is 37.3 Å². The van der Waals surface area contributed by atoms with Crippen molar-refractivity contribution in [1.82, 2.24) is 14.3 Å². The molecule has 0 aromatic carbocycles. The van der Waals surface area contributed by atoms with Gasteiger partial charge in [-0.3, -0.25) is 4.99 Å². The highest BCUT2D eigenvalue weighted by Crippen LogP contribution is 2.25. The Morgan fingerprint density at radius 2 is 2.17 bits per heavy atom. The van der Waals surface area contributed by atoms with Crippen LogP contribution in [0.25, 0.3) is 6.08 Å². The third-order valence-corrected chi connectivity index (χ3v) is 6.99. The van der Waals surface area contributed by atoms with E-state index in [0.29, 0.717) is 32.0 Å². The van der Waals surface area contributed by atoms with Crippen LogP contribution in [0.4, 0.5) is 5.82 Å². The lowest BCUT2D eigenvalue weighted by molar-refractivity contribution is 0.247. The van der Waals surface area contributed by atoms with Crippen LogP contribution < -0.4 is 15.6 Å². The fourth-order valence-corrected chi connectivity index (χ4v) is 5.05. The summed E-state index contributed by atoms with van der Waals surface area (Å²) in [5, 5.41) is 0.959. The number of rotatable bonds is 5. The van der Waals surface area contributed by atoms with E-state index in [0.717, 1.165) is 22.9 Å². The Bertz CT molecular complexity index is 823. The number of anilines is 1. The molecule has 132 valence electrons. The third-order valence-electron chi connectivity index (χ3n) is 4.95. The summed E-state index contributed by atoms with van der Waals surface area (Å²) in [6, 6.07) is 0.0957. The number of hydrogen-bond donors (Lipinski definition) is 0. The van der Waals surface area contributed by atoms with Crippen LogP contribution in [0.5, 0.6) is 0 Å². The number of aromatic nitrogens is 2. The molecule has 0 spiro atoms. The lowest BCUT2D eigenvalue weighted by Gasteiger charge is -2.41. The van der Waals surface area contributed by atoms with E-state index in [1.165, 1.54) is 6.33 Å². The Balaban J connectivity index is 1.88. The van der Waals surface area contributed by atoms with Gasteiger partial charge in [-0.05, 0) is 24.8 Å². The molecule has 1 fully saturated rings. The van der Waals surface area contributed by atoms with Crippen molar-refractivity contribution in [3.8, 4) is 0 Å². The van der Waals surface area contributed by atoms with Gasteiger partial charge in [0.1, 0.15) is 12.1 Å². The fraction of sp³-hybridized carbons (Fsp3) is 0.688. The molecule has 1 aromatic rings. The van der Waals surface area contributed by atoms with Gasteiger partial charge in [0.05, 0.1) is 17.5 Å². The first-order chi connectivity index (χ1) is 11.4. The summed E-state index contributed by atoms with van der Waals surface area (Å²) in [7, 11) is -1.18. The normalized spacial score (nSPS) is 24.1. The molecule has 1 aromatic heterocycles. The first kappa shape index (κ1) is 17.3. The lowest BCUT2D eigenvalue weighted by atomic mass is 9.93. The fourth-order valence-electron chi connectivity index (χ4n) is 3.51. The van der Waals surface area contributed by atoms with Gasteiger partial charge in [-0.15, -0.1) is 0 Å². The van der Waals surface area contributed by atoms with Gasteiger partial charge in [-0.25, -0.2) is 18.4 Å². The minimum absolute atomic E-state index is 0.0957. The van der Waals surface area contributed by atoms with Gasteiger partial charge < -0.3 is 4.90 Å². The summed E-state index contributed by atoms with van der Waals surface area (Å²) < 4.78 is 26.5. The number of fused-ring (bicyclic) bond motifs is 1. The zero-order valence-corrected chi connectivity index (χ0v) is 15.3. The highest BCUT2D eigenvalue weighted by atomic mass is 32.2. The molecule has 2 aliphatic rings. The highest BCUT2D eigenvalue weighted by Gasteiger charge is 2.35. The van der Waals surface area contributed by atoms with Gasteiger partial charge in [0.25, 0.3) is 0 Å². The summed E-state index contributed by atoms with van der Waals surface area (Å²) >= 11 is 0. The quantitative estimate of drug-likeness (QED) is 0.733. The van der Waals surface area contributed by atoms with Crippen molar-refractivity contribution >= 4 is 21.9 Å². The largest absolute Gasteiger partial charge is 0.354 e. The molecule has 8 heteroatoms. The highest BCUT2D eigenvalue weighted by molar-refractivity contribution is 7.89. The van der Waals surface area contributed by atoms with E-state index >= 15 is 0 Å². The predicted octanol–water partition coefficient (Wildman–Crippen LogP) is -0.223. The van der Waals surface area contributed by atoms with Crippen molar-refractivity contribution in [1.29, 1.82) is 0 Å². The van der Waals surface area contributed by atoms with Gasteiger partial charge in [0, 0.05) is 26.2 Å². The van der Waals surface area contributed by atoms with Crippen molar-refractivity contribution in [3.05, 3.63) is 17.0 Å². The van der Waals surface area contributed by atoms with Gasteiger partial charge in [-0.1, -0.05) is 13.8 Å². The summed E-state index contributed by atoms with van der Waals surface area (Å²) in [5.74, 6) is 1.45. The van der Waals surface area contributed by atoms with Crippen LogP contribution in [-0.4, -0.2) is 61.2 Å². The molecule has 24 heavy (non-hydrogen) atoms. The molecule has 0 bridgehead atoms. The Morgan fingerprint density at radius 3 is 2.92 bits per heavy atom. The zero-order chi connectivity index (χ0) is 17.3. The van der Waals surface area contributed by atoms with E-state index in [1.54, 1.807) is 4.31 Å². The van der Waals surface area contributed by atoms with Crippen LogP contribution >= 0.6 is 0 Å². The van der Waals surface area contributed by atoms with E-state index in [9.17, 15) is 8.42 Å². The summed E-state index contributed by atoms with van der Waals surface area (Å²) in [4.78, 5) is 15.1. The monoisotopic (exact) mass is 351 g/mol. The maximum Gasteiger partial charge on any atom is 0.214 e. The molecule has 0 aliphatic carbocycles. The van der Waals surface area contributed by atoms with Crippen LogP contribution in [0.1, 0.15) is 26.7 Å². The van der Waals surface area contributed by atoms with Gasteiger partial charge in [-0.2, -0.15) is 4.31 Å². The molecular weight excluding hydrogens is 326 g/mol. The van der Waals surface area contributed by atoms with E-state index in [4.69, 9.17) is 0 Å². The average Bonchev–Trinajstić information content (AvgIpc) is 3.03. The van der Waals surface area contributed by atoms with Gasteiger partial charge in [0.2, 0.25) is 10.0 Å². The van der Waals surface area contributed by atoms with Crippen LogP contribution in [0.15, 0.2) is 11.3 Å². The molecule has 2 aliphatic heterocycles. The topological polar surface area (TPSA) is 78.8 Å². The molecule has 0 unspecified atom stereocenters. The van der Waals surface area contributed by atoms with Crippen LogP contribution in [0, 0.1) is 5.92 Å². The first-order valence-corrected chi connectivity index (χ1v) is 10.1. The Labute approximate surface area is 143 Å². The standard InChI is InChI=1S/C16H25N5O2S/c1-4-9-24(22,23)21-8-6-12(2)14(10-21)20(3)16-13-5-7-17-15(13)18-11-19-16/h5,11-12,14H,4,6-10H2,1-3H3/t12-,14+/m1/s1. The average molecular weight is 351 g/mol. The van der Waals surface area contributed by atoms with E-state index in [1.807, 2.05) is 20.0 Å². The summed E-state index contributed by atoms with van der Waals surface area (Å²) in [5.41, 5.74) is 0.728. The second kappa shape index (κ2) is 6.76. The van der Waals surface area contributed by atoms with Crippen molar-refractivity contribution in [3.63, 3.8) is 0 Å². The van der Waals surface area contributed by atoms with Crippen LogP contribution in [0.2, 0.25) is 0 Å². The van der Waals surface area contributed by atoms with Gasteiger partial charge >= 0.3 is 0 Å². The number of piperidine rings is 1. The SMILES string of the molecule is CCCS(=O)(=O)N1CC[C@@H](C)[C@@H](N(C)c2ncnc3c2=CCN=3)C1. The number of likely N-dealkylation sites (N-methyl/N-ethyl adjacent to an activating group) is 1. The maximum atomic E-state index is 12.4. The zero-order valence-electron chi connectivity index (χ0n) is 14.5. The second-order valence-electron chi connectivity index (χ2n) is 6.60. The van der Waals surface area contributed by atoms with Crippen molar-refractivity contribution < 1.29 is 8.42 Å². The van der Waals surface area contributed by atoms with Gasteiger partial charge in [0.15, 0.2) is 5.49 Å². The third kappa shape index (κ3) is 3.17. The Kier molecular flexibility index (Phi) is 4.87. The number of nitrogens with zero attached hydrogens (tertiary/aromatic N) is 5. The Hall–Kier alpha value is -1.54. The molecule has 0 N–H and O–H groups in total. The lowest BCUT2D eigenvalue weighted by Crippen LogP contribution is -2.54. The van der Waals surface area contributed by atoms with Crippen molar-refractivity contribution in [2.45, 2.75) is 32.7 Å². The molecule has 2 atom stereocenters. The Morgan fingerprint density at radius 1 is 1.38 bits per heavy atom. The molecule has 0 radical (unpaired) electrons. The number of hydrogen-bond acceptors (Lipinski definition) is 6. The molecule has 3 heterocycles. The molecule has 0 amide bonds. The molecule has 0 saturated carbocycles. The van der Waals surface area contributed by atoms with E-state index in [2.05, 4.69) is 26.8 Å². The molecule has 1 saturated heterocycles. The summed E-state index contributed by atoms with van der Waals surface area (Å²) in [6.45, 7) is 5.83. The first-order valence-electron chi connectivity index (χ1n) is 8.50. The van der Waals surface area contributed by atoms with Crippen LogP contribution in [-0.2, 0) is 10.0 Å².